The van der Waals surface area contributed by atoms with Gasteiger partial charge in [-0.05, 0) is 55.9 Å². The van der Waals surface area contributed by atoms with Crippen LogP contribution in [0.25, 0.3) is 0 Å². The van der Waals surface area contributed by atoms with Crippen molar-refractivity contribution in [2.24, 2.45) is 16.3 Å². The lowest BCUT2D eigenvalue weighted by Gasteiger charge is -2.33. The van der Waals surface area contributed by atoms with E-state index in [9.17, 15) is 14.9 Å². The molecule has 1 aromatic rings. The highest BCUT2D eigenvalue weighted by Gasteiger charge is 2.52. The summed E-state index contributed by atoms with van der Waals surface area (Å²) in [6.45, 7) is 0.574. The first-order chi connectivity index (χ1) is 14.6. The molecule has 1 aromatic carbocycles. The summed E-state index contributed by atoms with van der Waals surface area (Å²) in [6.07, 6.45) is 7.34. The van der Waals surface area contributed by atoms with Gasteiger partial charge in [0.05, 0.1) is 18.7 Å². The standard InChI is InChI=1S/C22H28N6O2/c1-24-20(29)16-7-9-17(10-8-16)21(30)25-19(15-5-3-2-4-6-15)18-13-28(27-26-18)22(14-23)11-12-22/h7-10,15,18-19H,2-6,11-13H2,1H3,(H,24,29)(H,25,30). The van der Waals surface area contributed by atoms with Crippen molar-refractivity contribution >= 4 is 11.8 Å². The van der Waals surface area contributed by atoms with E-state index in [4.69, 9.17) is 0 Å². The molecule has 30 heavy (non-hydrogen) atoms. The first-order valence-corrected chi connectivity index (χ1v) is 10.8. The summed E-state index contributed by atoms with van der Waals surface area (Å²) in [6, 6.07) is 8.78. The number of nitrogens with zero attached hydrogens (tertiary/aromatic N) is 4. The van der Waals surface area contributed by atoms with E-state index in [1.807, 2.05) is 5.01 Å². The van der Waals surface area contributed by atoms with Crippen LogP contribution in [0.15, 0.2) is 34.6 Å². The number of hydrogen-bond acceptors (Lipinski definition) is 6. The van der Waals surface area contributed by atoms with Gasteiger partial charge in [0.2, 0.25) is 0 Å². The van der Waals surface area contributed by atoms with E-state index in [-0.39, 0.29) is 23.9 Å². The molecule has 2 N–H and O–H groups in total. The second-order valence-electron chi connectivity index (χ2n) is 8.55. The van der Waals surface area contributed by atoms with Gasteiger partial charge in [-0.1, -0.05) is 24.5 Å². The van der Waals surface area contributed by atoms with Crippen LogP contribution in [0.5, 0.6) is 0 Å². The van der Waals surface area contributed by atoms with Crippen molar-refractivity contribution in [3.05, 3.63) is 35.4 Å². The summed E-state index contributed by atoms with van der Waals surface area (Å²) in [4.78, 5) is 24.7. The number of nitrogens with one attached hydrogen (secondary N) is 2. The number of amides is 2. The number of benzene rings is 1. The maximum absolute atomic E-state index is 13.0. The van der Waals surface area contributed by atoms with Crippen LogP contribution in [-0.2, 0) is 0 Å². The van der Waals surface area contributed by atoms with Gasteiger partial charge >= 0.3 is 0 Å². The third-order valence-electron chi connectivity index (χ3n) is 6.60. The minimum absolute atomic E-state index is 0.111. The van der Waals surface area contributed by atoms with Gasteiger partial charge in [0.1, 0.15) is 11.6 Å². The Bertz CT molecular complexity index is 865. The number of rotatable bonds is 6. The van der Waals surface area contributed by atoms with Crippen LogP contribution in [0.3, 0.4) is 0 Å². The van der Waals surface area contributed by atoms with Gasteiger partial charge in [-0.3, -0.25) is 14.6 Å². The maximum atomic E-state index is 13.0. The highest BCUT2D eigenvalue weighted by atomic mass is 16.2. The number of nitriles is 1. The van der Waals surface area contributed by atoms with Crippen molar-refractivity contribution in [1.29, 1.82) is 5.26 Å². The molecule has 3 aliphatic rings. The topological polar surface area (TPSA) is 110 Å². The van der Waals surface area contributed by atoms with E-state index >= 15 is 0 Å². The Balaban J connectivity index is 1.48. The monoisotopic (exact) mass is 408 g/mol. The van der Waals surface area contributed by atoms with Crippen LogP contribution in [-0.4, -0.2) is 48.0 Å². The highest BCUT2D eigenvalue weighted by molar-refractivity contribution is 5.97. The molecule has 8 heteroatoms. The zero-order valence-corrected chi connectivity index (χ0v) is 17.3. The fourth-order valence-corrected chi connectivity index (χ4v) is 4.54. The van der Waals surface area contributed by atoms with E-state index in [1.54, 1.807) is 31.3 Å². The highest BCUT2D eigenvalue weighted by Crippen LogP contribution is 2.43. The van der Waals surface area contributed by atoms with Crippen LogP contribution >= 0.6 is 0 Å². The molecule has 0 spiro atoms. The van der Waals surface area contributed by atoms with Gasteiger partial charge in [0.15, 0.2) is 0 Å². The predicted molar refractivity (Wildman–Crippen MR) is 111 cm³/mol. The van der Waals surface area contributed by atoms with E-state index in [1.165, 1.54) is 6.42 Å². The van der Waals surface area contributed by atoms with Crippen LogP contribution < -0.4 is 10.6 Å². The Hall–Kier alpha value is -2.95. The van der Waals surface area contributed by atoms with Crippen molar-refractivity contribution in [1.82, 2.24) is 15.6 Å². The Kier molecular flexibility index (Phi) is 5.71. The van der Waals surface area contributed by atoms with Crippen molar-refractivity contribution in [3.63, 3.8) is 0 Å². The van der Waals surface area contributed by atoms with E-state index in [2.05, 4.69) is 27.0 Å². The van der Waals surface area contributed by atoms with Crippen molar-refractivity contribution in [2.45, 2.75) is 62.6 Å². The lowest BCUT2D eigenvalue weighted by Crippen LogP contribution is -2.50. The van der Waals surface area contributed by atoms with Gasteiger partial charge < -0.3 is 10.6 Å². The lowest BCUT2D eigenvalue weighted by atomic mass is 9.81. The molecule has 0 saturated heterocycles. The molecule has 0 aromatic heterocycles. The summed E-state index contributed by atoms with van der Waals surface area (Å²) in [5.74, 6) is 0.0121. The third kappa shape index (κ3) is 4.02. The Morgan fingerprint density at radius 1 is 1.13 bits per heavy atom. The number of carbonyl (C=O) groups excluding carboxylic acids is 2. The van der Waals surface area contributed by atoms with Gasteiger partial charge in [-0.15, -0.1) is 0 Å². The van der Waals surface area contributed by atoms with Crippen LogP contribution in [0.2, 0.25) is 0 Å². The zero-order chi connectivity index (χ0) is 21.1. The van der Waals surface area contributed by atoms with Gasteiger partial charge in [-0.2, -0.15) is 10.4 Å². The predicted octanol–water partition coefficient (Wildman–Crippen LogP) is 2.83. The van der Waals surface area contributed by atoms with Crippen LogP contribution in [0, 0.1) is 17.2 Å². The molecule has 2 saturated carbocycles. The summed E-state index contributed by atoms with van der Waals surface area (Å²) in [7, 11) is 1.58. The summed E-state index contributed by atoms with van der Waals surface area (Å²) < 4.78 is 0. The molecule has 8 nitrogen and oxygen atoms in total. The van der Waals surface area contributed by atoms with E-state index < -0.39 is 5.54 Å². The molecular weight excluding hydrogens is 380 g/mol. The molecule has 2 amide bonds. The Morgan fingerprint density at radius 2 is 1.77 bits per heavy atom. The Morgan fingerprint density at radius 3 is 2.33 bits per heavy atom. The molecule has 2 fully saturated rings. The molecule has 2 aliphatic carbocycles. The first kappa shape index (κ1) is 20.3. The average molecular weight is 409 g/mol. The quantitative estimate of drug-likeness (QED) is 0.754. The second kappa shape index (κ2) is 8.42. The van der Waals surface area contributed by atoms with Gasteiger partial charge in [-0.25, -0.2) is 0 Å². The smallest absolute Gasteiger partial charge is 0.251 e. The molecule has 2 unspecified atom stereocenters. The normalized spacial score (nSPS) is 23.5. The van der Waals surface area contributed by atoms with E-state index in [0.717, 1.165) is 38.5 Å². The maximum Gasteiger partial charge on any atom is 0.251 e. The van der Waals surface area contributed by atoms with Crippen molar-refractivity contribution < 1.29 is 9.59 Å². The molecule has 2 atom stereocenters. The van der Waals surface area contributed by atoms with Crippen LogP contribution in [0.4, 0.5) is 0 Å². The van der Waals surface area contributed by atoms with Crippen LogP contribution in [0.1, 0.15) is 65.7 Å². The van der Waals surface area contributed by atoms with Gasteiger partial charge in [0, 0.05) is 18.2 Å². The fourth-order valence-electron chi connectivity index (χ4n) is 4.54. The molecule has 158 valence electrons. The largest absolute Gasteiger partial charge is 0.355 e. The molecular formula is C22H28N6O2. The van der Waals surface area contributed by atoms with Crippen molar-refractivity contribution in [3.8, 4) is 6.07 Å². The summed E-state index contributed by atoms with van der Waals surface area (Å²) >= 11 is 0. The number of carbonyl (C=O) groups is 2. The third-order valence-corrected chi connectivity index (χ3v) is 6.60. The van der Waals surface area contributed by atoms with Crippen molar-refractivity contribution in [2.75, 3.05) is 13.6 Å². The SMILES string of the molecule is CNC(=O)c1ccc(C(=O)NC(C2CCCCC2)C2CN(C3(C#N)CC3)N=N2)cc1. The zero-order valence-electron chi connectivity index (χ0n) is 17.3. The second-order valence-corrected chi connectivity index (χ2v) is 8.55. The fraction of sp³-hybridized carbons (Fsp3) is 0.591. The first-order valence-electron chi connectivity index (χ1n) is 10.8. The molecule has 0 bridgehead atoms. The average Bonchev–Trinajstić information content (AvgIpc) is 3.45. The minimum atomic E-state index is -0.491. The molecule has 4 rings (SSSR count). The summed E-state index contributed by atoms with van der Waals surface area (Å²) in [5.41, 5.74) is 0.546. The molecule has 0 radical (unpaired) electrons. The molecule has 1 aliphatic heterocycles. The minimum Gasteiger partial charge on any atom is -0.355 e. The number of hydrogen-bond donors (Lipinski definition) is 2. The lowest BCUT2D eigenvalue weighted by molar-refractivity contribution is 0.0896. The molecule has 1 heterocycles. The van der Waals surface area contributed by atoms with E-state index in [0.29, 0.717) is 23.6 Å². The summed E-state index contributed by atoms with van der Waals surface area (Å²) in [5, 5.41) is 25.9. The van der Waals surface area contributed by atoms with Gasteiger partial charge in [0.25, 0.3) is 11.8 Å². The Labute approximate surface area is 176 Å².